The second-order valence-corrected chi connectivity index (χ2v) is 2.83. The third kappa shape index (κ3) is 4.81. The highest BCUT2D eigenvalue weighted by Crippen LogP contribution is 2.04. The Balaban J connectivity index is 3.82. The summed E-state index contributed by atoms with van der Waals surface area (Å²) in [6.45, 7) is 1.36. The average molecular weight is 179 g/mol. The second-order valence-electron chi connectivity index (χ2n) is 2.21. The summed E-state index contributed by atoms with van der Waals surface area (Å²) in [5, 5.41) is 16.5. The number of alkyl halides is 1. The third-order valence-electron chi connectivity index (χ3n) is 1.22. The van der Waals surface area contributed by atoms with E-state index >= 15 is 0 Å². The van der Waals surface area contributed by atoms with Crippen LogP contribution in [0.5, 0.6) is 0 Å². The lowest BCUT2D eigenvalue weighted by atomic mass is 10.2. The monoisotopic (exact) mass is 178 g/mol. The molecule has 0 heterocycles. The molecule has 0 saturated carbocycles. The first-order valence-electron chi connectivity index (χ1n) is 3.23. The maximum atomic E-state index is 10.2. The maximum Gasteiger partial charge on any atom is 0.330 e. The van der Waals surface area contributed by atoms with Crippen LogP contribution in [0.2, 0.25) is 0 Å². The molecule has 0 aromatic carbocycles. The van der Waals surface area contributed by atoms with Crippen LogP contribution >= 0.6 is 11.6 Å². The van der Waals surface area contributed by atoms with Crippen LogP contribution in [0.15, 0.2) is 11.6 Å². The van der Waals surface area contributed by atoms with Crippen LogP contribution in [0.4, 0.5) is 0 Å². The number of halogens is 1. The van der Waals surface area contributed by atoms with Gasteiger partial charge in [-0.15, -0.1) is 11.6 Å². The van der Waals surface area contributed by atoms with Gasteiger partial charge in [-0.2, -0.15) is 0 Å². The van der Waals surface area contributed by atoms with E-state index in [1.165, 1.54) is 13.0 Å². The van der Waals surface area contributed by atoms with Crippen LogP contribution in [-0.4, -0.2) is 28.2 Å². The molecule has 2 N–H and O–H groups in total. The normalized spacial score (nSPS) is 14.6. The lowest BCUT2D eigenvalue weighted by Gasteiger charge is -2.00. The number of hydrogen-bond acceptors (Lipinski definition) is 2. The minimum Gasteiger partial charge on any atom is -0.478 e. The first-order chi connectivity index (χ1) is 5.07. The number of rotatable bonds is 4. The van der Waals surface area contributed by atoms with Gasteiger partial charge in [0.1, 0.15) is 0 Å². The number of carboxylic acids is 1. The van der Waals surface area contributed by atoms with Crippen molar-refractivity contribution in [1.29, 1.82) is 0 Å². The van der Waals surface area contributed by atoms with Gasteiger partial charge in [0.15, 0.2) is 0 Å². The number of carbonyl (C=O) groups is 1. The zero-order valence-corrected chi connectivity index (χ0v) is 7.01. The van der Waals surface area contributed by atoms with Gasteiger partial charge in [-0.1, -0.05) is 6.08 Å². The van der Waals surface area contributed by atoms with Crippen molar-refractivity contribution < 1.29 is 15.0 Å². The standard InChI is InChI=1S/C7H11ClO3/c1-5(7(10)11)2-3-6(8)4-9/h2,6,9H,3-4H2,1H3,(H,10,11). The maximum absolute atomic E-state index is 10.2. The van der Waals surface area contributed by atoms with E-state index in [0.717, 1.165) is 0 Å². The molecule has 0 aliphatic heterocycles. The molecule has 11 heavy (non-hydrogen) atoms. The lowest BCUT2D eigenvalue weighted by Crippen LogP contribution is -2.04. The Morgan fingerprint density at radius 1 is 1.73 bits per heavy atom. The molecule has 0 amide bonds. The predicted molar refractivity (Wildman–Crippen MR) is 42.7 cm³/mol. The summed E-state index contributed by atoms with van der Waals surface area (Å²) in [4.78, 5) is 10.2. The van der Waals surface area contributed by atoms with Crippen molar-refractivity contribution in [3.05, 3.63) is 11.6 Å². The number of aliphatic hydroxyl groups excluding tert-OH is 1. The molecule has 3 nitrogen and oxygen atoms in total. The second kappa shape index (κ2) is 5.16. The largest absolute Gasteiger partial charge is 0.478 e. The summed E-state index contributed by atoms with van der Waals surface area (Å²) in [5.41, 5.74) is 0.254. The van der Waals surface area contributed by atoms with Gasteiger partial charge in [-0.25, -0.2) is 4.79 Å². The van der Waals surface area contributed by atoms with Crippen LogP contribution in [0, 0.1) is 0 Å². The van der Waals surface area contributed by atoms with E-state index in [1.807, 2.05) is 0 Å². The topological polar surface area (TPSA) is 57.5 Å². The highest BCUT2D eigenvalue weighted by molar-refractivity contribution is 6.20. The van der Waals surface area contributed by atoms with E-state index in [-0.39, 0.29) is 17.6 Å². The Labute approximate surface area is 70.3 Å². The molecule has 0 radical (unpaired) electrons. The SMILES string of the molecule is CC(=CCC(Cl)CO)C(=O)O. The van der Waals surface area contributed by atoms with Crippen molar-refractivity contribution in [2.45, 2.75) is 18.7 Å². The minimum absolute atomic E-state index is 0.134. The molecule has 64 valence electrons. The summed E-state index contributed by atoms with van der Waals surface area (Å²) >= 11 is 5.53. The molecule has 0 aliphatic rings. The predicted octanol–water partition coefficient (Wildman–Crippen LogP) is 1.01. The van der Waals surface area contributed by atoms with Crippen LogP contribution in [0.25, 0.3) is 0 Å². The van der Waals surface area contributed by atoms with Gasteiger partial charge in [0.05, 0.1) is 12.0 Å². The average Bonchev–Trinajstić information content (AvgIpc) is 1.99. The summed E-state index contributed by atoms with van der Waals surface area (Å²) in [7, 11) is 0. The molecular weight excluding hydrogens is 168 g/mol. The van der Waals surface area contributed by atoms with Gasteiger partial charge in [0, 0.05) is 5.57 Å². The fourth-order valence-corrected chi connectivity index (χ4v) is 0.556. The zero-order chi connectivity index (χ0) is 8.85. The summed E-state index contributed by atoms with van der Waals surface area (Å²) in [5.74, 6) is -0.952. The highest BCUT2D eigenvalue weighted by atomic mass is 35.5. The van der Waals surface area contributed by atoms with Crippen molar-refractivity contribution in [1.82, 2.24) is 0 Å². The fourth-order valence-electron chi connectivity index (χ4n) is 0.466. The Hall–Kier alpha value is -0.540. The number of aliphatic hydroxyl groups is 1. The molecule has 0 aliphatic carbocycles. The van der Waals surface area contributed by atoms with Gasteiger partial charge >= 0.3 is 5.97 Å². The van der Waals surface area contributed by atoms with Crippen molar-refractivity contribution in [2.24, 2.45) is 0 Å². The molecule has 0 rings (SSSR count). The summed E-state index contributed by atoms with van der Waals surface area (Å²) in [6.07, 6.45) is 1.88. The van der Waals surface area contributed by atoms with Crippen LogP contribution < -0.4 is 0 Å². The van der Waals surface area contributed by atoms with E-state index in [2.05, 4.69) is 0 Å². The Morgan fingerprint density at radius 2 is 2.27 bits per heavy atom. The molecule has 0 spiro atoms. The van der Waals surface area contributed by atoms with Crippen LogP contribution in [0.1, 0.15) is 13.3 Å². The van der Waals surface area contributed by atoms with E-state index in [4.69, 9.17) is 21.8 Å². The van der Waals surface area contributed by atoms with Crippen molar-refractivity contribution in [2.75, 3.05) is 6.61 Å². The smallest absolute Gasteiger partial charge is 0.330 e. The number of allylic oxidation sites excluding steroid dienone is 1. The third-order valence-corrected chi connectivity index (χ3v) is 1.53. The van der Waals surface area contributed by atoms with E-state index in [0.29, 0.717) is 6.42 Å². The summed E-state index contributed by atoms with van der Waals surface area (Å²) < 4.78 is 0. The lowest BCUT2D eigenvalue weighted by molar-refractivity contribution is -0.132. The van der Waals surface area contributed by atoms with E-state index < -0.39 is 5.97 Å². The van der Waals surface area contributed by atoms with Crippen molar-refractivity contribution in [3.63, 3.8) is 0 Å². The van der Waals surface area contributed by atoms with Gasteiger partial charge in [0.25, 0.3) is 0 Å². The van der Waals surface area contributed by atoms with Crippen molar-refractivity contribution >= 4 is 17.6 Å². The van der Waals surface area contributed by atoms with E-state index in [9.17, 15) is 4.79 Å². The molecule has 1 unspecified atom stereocenters. The Bertz CT molecular complexity index is 165. The van der Waals surface area contributed by atoms with E-state index in [1.54, 1.807) is 0 Å². The quantitative estimate of drug-likeness (QED) is 0.499. The Morgan fingerprint density at radius 3 is 2.64 bits per heavy atom. The fraction of sp³-hybridized carbons (Fsp3) is 0.571. The van der Waals surface area contributed by atoms with Gasteiger partial charge in [-0.3, -0.25) is 0 Å². The van der Waals surface area contributed by atoms with Crippen molar-refractivity contribution in [3.8, 4) is 0 Å². The summed E-state index contributed by atoms with van der Waals surface area (Å²) in [6, 6.07) is 0. The molecule has 0 aromatic rings. The Kier molecular flexibility index (Phi) is 4.90. The molecule has 0 fully saturated rings. The number of carboxylic acid groups (broad SMARTS) is 1. The number of aliphatic carboxylic acids is 1. The molecule has 0 saturated heterocycles. The van der Waals surface area contributed by atoms with Gasteiger partial charge in [0.2, 0.25) is 0 Å². The molecule has 4 heteroatoms. The molecule has 0 aromatic heterocycles. The first kappa shape index (κ1) is 10.5. The van der Waals surface area contributed by atoms with Crippen LogP contribution in [0.3, 0.4) is 0 Å². The number of hydrogen-bond donors (Lipinski definition) is 2. The van der Waals surface area contributed by atoms with Gasteiger partial charge < -0.3 is 10.2 Å². The first-order valence-corrected chi connectivity index (χ1v) is 3.66. The molecule has 1 atom stereocenters. The minimum atomic E-state index is -0.952. The molecule has 0 bridgehead atoms. The molecular formula is C7H11ClO3. The zero-order valence-electron chi connectivity index (χ0n) is 6.25. The van der Waals surface area contributed by atoms with Crippen LogP contribution in [-0.2, 0) is 4.79 Å². The van der Waals surface area contributed by atoms with Gasteiger partial charge in [-0.05, 0) is 13.3 Å². The highest BCUT2D eigenvalue weighted by Gasteiger charge is 2.02.